The number of nitrogens with zero attached hydrogens (tertiary/aromatic N) is 4. The molecule has 0 fully saturated rings. The molecule has 37 heavy (non-hydrogen) atoms. The first-order valence-corrected chi connectivity index (χ1v) is 11.5. The van der Waals surface area contributed by atoms with E-state index in [0.29, 0.717) is 28.6 Å². The molecule has 0 spiro atoms. The van der Waals surface area contributed by atoms with Gasteiger partial charge in [-0.25, -0.2) is 13.8 Å². The first kappa shape index (κ1) is 26.2. The SMILES string of the molecule is Cc1cnc(-n2cc(C(C)(C)O)ccc2=O)cc1-n1c(C)cc(OCc2ncc(F)cc2F)c(Cl)c1=O. The Hall–Kier alpha value is -3.89. The van der Waals surface area contributed by atoms with Gasteiger partial charge in [0.2, 0.25) is 0 Å². The molecule has 0 aliphatic heterocycles. The van der Waals surface area contributed by atoms with Crippen LogP contribution in [0, 0.1) is 25.5 Å². The first-order valence-electron chi connectivity index (χ1n) is 11.1. The fraction of sp³-hybridized carbons (Fsp3) is 0.231. The second-order valence-electron chi connectivity index (χ2n) is 8.99. The van der Waals surface area contributed by atoms with Gasteiger partial charge in [0.25, 0.3) is 11.1 Å². The Balaban J connectivity index is 1.75. The molecule has 0 aliphatic carbocycles. The highest BCUT2D eigenvalue weighted by Gasteiger charge is 2.20. The molecular weight excluding hydrogens is 506 g/mol. The smallest absolute Gasteiger partial charge is 0.277 e. The van der Waals surface area contributed by atoms with E-state index in [2.05, 4.69) is 9.97 Å². The molecule has 8 nitrogen and oxygen atoms in total. The quantitative estimate of drug-likeness (QED) is 0.404. The Morgan fingerprint density at radius 2 is 1.81 bits per heavy atom. The first-order chi connectivity index (χ1) is 17.4. The highest BCUT2D eigenvalue weighted by atomic mass is 35.5. The molecule has 4 aromatic heterocycles. The Labute approximate surface area is 215 Å². The van der Waals surface area contributed by atoms with Gasteiger partial charge in [0.1, 0.15) is 34.7 Å². The molecule has 4 rings (SSSR count). The molecule has 1 N–H and O–H groups in total. The van der Waals surface area contributed by atoms with Crippen molar-refractivity contribution in [3.8, 4) is 17.3 Å². The largest absolute Gasteiger partial charge is 0.485 e. The number of aromatic nitrogens is 4. The van der Waals surface area contributed by atoms with Crippen molar-refractivity contribution in [2.24, 2.45) is 0 Å². The van der Waals surface area contributed by atoms with Crippen LogP contribution in [0.3, 0.4) is 0 Å². The highest BCUT2D eigenvalue weighted by Crippen LogP contribution is 2.26. The second kappa shape index (κ2) is 9.87. The van der Waals surface area contributed by atoms with Crippen molar-refractivity contribution < 1.29 is 18.6 Å². The maximum absolute atomic E-state index is 13.9. The van der Waals surface area contributed by atoms with E-state index in [0.717, 1.165) is 6.20 Å². The standard InChI is InChI=1S/C26H23ClF2N4O4/c1-14-10-31-22(32-12-16(26(3,4)36)5-6-23(32)34)9-20(14)33-15(2)7-21(24(27)25(33)35)37-13-19-18(29)8-17(28)11-30-19/h5-12,36H,13H2,1-4H3. The van der Waals surface area contributed by atoms with Crippen LogP contribution in [0.15, 0.2) is 58.5 Å². The Kier molecular flexibility index (Phi) is 6.98. The minimum Gasteiger partial charge on any atom is -0.485 e. The number of aliphatic hydroxyl groups is 1. The van der Waals surface area contributed by atoms with Crippen LogP contribution in [-0.4, -0.2) is 24.2 Å². The summed E-state index contributed by atoms with van der Waals surface area (Å²) in [4.78, 5) is 33.8. The molecule has 0 saturated heterocycles. The van der Waals surface area contributed by atoms with Crippen molar-refractivity contribution >= 4 is 11.6 Å². The van der Waals surface area contributed by atoms with Gasteiger partial charge in [-0.3, -0.25) is 23.7 Å². The van der Waals surface area contributed by atoms with Gasteiger partial charge in [0.15, 0.2) is 5.82 Å². The van der Waals surface area contributed by atoms with Crippen LogP contribution in [-0.2, 0) is 12.2 Å². The van der Waals surface area contributed by atoms with Gasteiger partial charge < -0.3 is 9.84 Å². The monoisotopic (exact) mass is 528 g/mol. The van der Waals surface area contributed by atoms with Gasteiger partial charge >= 0.3 is 0 Å². The molecule has 4 heterocycles. The second-order valence-corrected chi connectivity index (χ2v) is 9.37. The zero-order valence-electron chi connectivity index (χ0n) is 20.4. The zero-order valence-corrected chi connectivity index (χ0v) is 21.2. The van der Waals surface area contributed by atoms with E-state index in [9.17, 15) is 23.5 Å². The lowest BCUT2D eigenvalue weighted by molar-refractivity contribution is 0.0779. The summed E-state index contributed by atoms with van der Waals surface area (Å²) in [5.74, 6) is -1.46. The molecule has 0 amide bonds. The average molecular weight is 529 g/mol. The molecule has 0 radical (unpaired) electrons. The minimum atomic E-state index is -1.19. The van der Waals surface area contributed by atoms with Crippen LogP contribution < -0.4 is 15.9 Å². The normalized spacial score (nSPS) is 11.6. The molecular formula is C26H23ClF2N4O4. The van der Waals surface area contributed by atoms with E-state index < -0.39 is 22.8 Å². The number of hydrogen-bond acceptors (Lipinski definition) is 6. The summed E-state index contributed by atoms with van der Waals surface area (Å²) < 4.78 is 35.2. The van der Waals surface area contributed by atoms with E-state index in [4.69, 9.17) is 16.3 Å². The molecule has 4 aromatic rings. The summed E-state index contributed by atoms with van der Waals surface area (Å²) in [6, 6.07) is 6.62. The maximum atomic E-state index is 13.9. The number of rotatable bonds is 6. The van der Waals surface area contributed by atoms with E-state index in [1.807, 2.05) is 0 Å². The predicted octanol–water partition coefficient (Wildman–Crippen LogP) is 4.13. The van der Waals surface area contributed by atoms with Crippen molar-refractivity contribution in [1.29, 1.82) is 0 Å². The topological polar surface area (TPSA) is 99.2 Å². The van der Waals surface area contributed by atoms with Crippen LogP contribution >= 0.6 is 11.6 Å². The molecule has 0 saturated carbocycles. The molecule has 0 unspecified atom stereocenters. The lowest BCUT2D eigenvalue weighted by Gasteiger charge is -2.20. The van der Waals surface area contributed by atoms with Crippen molar-refractivity contribution in [1.82, 2.24) is 19.1 Å². The van der Waals surface area contributed by atoms with E-state index in [1.165, 1.54) is 39.7 Å². The van der Waals surface area contributed by atoms with E-state index in [1.54, 1.807) is 33.8 Å². The van der Waals surface area contributed by atoms with Gasteiger partial charge in [-0.2, -0.15) is 0 Å². The molecule has 0 bridgehead atoms. The van der Waals surface area contributed by atoms with Crippen molar-refractivity contribution in [3.63, 3.8) is 0 Å². The van der Waals surface area contributed by atoms with Crippen LogP contribution in [0.2, 0.25) is 5.02 Å². The van der Waals surface area contributed by atoms with Gasteiger partial charge in [-0.05, 0) is 44.9 Å². The third-order valence-corrected chi connectivity index (χ3v) is 6.06. The van der Waals surface area contributed by atoms with Crippen LogP contribution in [0.1, 0.15) is 36.4 Å². The van der Waals surface area contributed by atoms with Crippen molar-refractivity contribution in [2.75, 3.05) is 0 Å². The Morgan fingerprint density at radius 3 is 2.49 bits per heavy atom. The lowest BCUT2D eigenvalue weighted by atomic mass is 10.0. The highest BCUT2D eigenvalue weighted by molar-refractivity contribution is 6.31. The van der Waals surface area contributed by atoms with Crippen LogP contribution in [0.4, 0.5) is 8.78 Å². The Bertz CT molecular complexity index is 1630. The third kappa shape index (κ3) is 5.30. The lowest BCUT2D eigenvalue weighted by Crippen LogP contribution is -2.25. The van der Waals surface area contributed by atoms with E-state index in [-0.39, 0.29) is 34.5 Å². The fourth-order valence-electron chi connectivity index (χ4n) is 3.68. The summed E-state index contributed by atoms with van der Waals surface area (Å²) in [5.41, 5.74) is -0.323. The summed E-state index contributed by atoms with van der Waals surface area (Å²) in [7, 11) is 0. The minimum absolute atomic E-state index is 0.00646. The Morgan fingerprint density at radius 1 is 1.08 bits per heavy atom. The number of ether oxygens (including phenoxy) is 1. The molecule has 0 aromatic carbocycles. The molecule has 0 atom stereocenters. The van der Waals surface area contributed by atoms with Crippen LogP contribution in [0.25, 0.3) is 11.5 Å². The van der Waals surface area contributed by atoms with E-state index >= 15 is 0 Å². The summed E-state index contributed by atoms with van der Waals surface area (Å²) in [6.07, 6.45) is 3.87. The molecule has 0 aliphatic rings. The number of hydrogen-bond donors (Lipinski definition) is 1. The third-order valence-electron chi connectivity index (χ3n) is 5.71. The summed E-state index contributed by atoms with van der Waals surface area (Å²) >= 11 is 6.33. The number of aryl methyl sites for hydroxylation is 2. The van der Waals surface area contributed by atoms with Gasteiger partial charge in [0.05, 0.1) is 17.5 Å². The van der Waals surface area contributed by atoms with Gasteiger partial charge in [-0.1, -0.05) is 11.6 Å². The molecule has 11 heteroatoms. The molecule has 192 valence electrons. The summed E-state index contributed by atoms with van der Waals surface area (Å²) in [6.45, 7) is 6.23. The summed E-state index contributed by atoms with van der Waals surface area (Å²) in [5, 5.41) is 10.1. The number of pyridine rings is 4. The van der Waals surface area contributed by atoms with Crippen molar-refractivity contribution in [2.45, 2.75) is 39.9 Å². The average Bonchev–Trinajstić information content (AvgIpc) is 2.82. The zero-order chi connectivity index (χ0) is 27.1. The van der Waals surface area contributed by atoms with Crippen molar-refractivity contribution in [3.05, 3.63) is 109 Å². The maximum Gasteiger partial charge on any atom is 0.277 e. The predicted molar refractivity (Wildman–Crippen MR) is 134 cm³/mol. The number of halogens is 3. The van der Waals surface area contributed by atoms with Gasteiger partial charge in [-0.15, -0.1) is 0 Å². The fourth-order valence-corrected chi connectivity index (χ4v) is 3.88. The van der Waals surface area contributed by atoms with Crippen LogP contribution in [0.5, 0.6) is 5.75 Å². The van der Waals surface area contributed by atoms with Gasteiger partial charge in [0, 0.05) is 42.4 Å².